The largest absolute Gasteiger partial charge is 0.444 e. The van der Waals surface area contributed by atoms with Crippen LogP contribution in [0.5, 0.6) is 0 Å². The molecule has 206 valence electrons. The molecule has 1 amide bonds. The van der Waals surface area contributed by atoms with Crippen molar-refractivity contribution in [2.75, 3.05) is 22.0 Å². The van der Waals surface area contributed by atoms with E-state index < -0.39 is 62.6 Å². The molecule has 0 saturated heterocycles. The highest BCUT2D eigenvalue weighted by Gasteiger charge is 2.41. The number of anilines is 3. The first-order chi connectivity index (χ1) is 17.0. The van der Waals surface area contributed by atoms with Crippen molar-refractivity contribution in [3.8, 4) is 0 Å². The Labute approximate surface area is 233 Å². The van der Waals surface area contributed by atoms with Crippen molar-refractivity contribution in [1.29, 1.82) is 0 Å². The van der Waals surface area contributed by atoms with Gasteiger partial charge in [-0.25, -0.2) is 18.0 Å². The van der Waals surface area contributed by atoms with Gasteiger partial charge in [0.15, 0.2) is 0 Å². The van der Waals surface area contributed by atoms with Gasteiger partial charge in [-0.2, -0.15) is 13.2 Å². The molecule has 0 bridgehead atoms. The van der Waals surface area contributed by atoms with Crippen LogP contribution >= 0.6 is 68.6 Å². The fraction of sp³-hybridized carbons (Fsp3) is 0.350. The van der Waals surface area contributed by atoms with Gasteiger partial charge in [0.2, 0.25) is 0 Å². The molecule has 17 heteroatoms. The van der Waals surface area contributed by atoms with Gasteiger partial charge in [0.05, 0.1) is 27.0 Å². The number of halogens is 9. The number of amides is 1. The zero-order valence-electron chi connectivity index (χ0n) is 18.9. The molecule has 3 heterocycles. The molecule has 5 nitrogen and oxygen atoms in total. The maximum atomic E-state index is 14.0. The highest BCUT2D eigenvalue weighted by Crippen LogP contribution is 2.55. The molecule has 0 aliphatic carbocycles. The summed E-state index contributed by atoms with van der Waals surface area (Å²) in [4.78, 5) is 12.1. The van der Waals surface area contributed by atoms with Crippen LogP contribution in [-0.4, -0.2) is 18.4 Å². The molecule has 1 atom stereocenters. The predicted octanol–water partition coefficient (Wildman–Crippen LogP) is 10.1. The number of carbonyl (C=O) groups is 1. The number of allylic oxidation sites excluding steroid dienone is 1. The van der Waals surface area contributed by atoms with Gasteiger partial charge < -0.3 is 14.8 Å². The van der Waals surface area contributed by atoms with Crippen molar-refractivity contribution in [3.63, 3.8) is 0 Å². The Hall–Kier alpha value is -1.45. The van der Waals surface area contributed by atoms with Crippen LogP contribution in [0.1, 0.15) is 38.3 Å². The number of rotatable bonds is 7. The summed E-state index contributed by atoms with van der Waals surface area (Å²) >= 11 is 17.9. The second-order valence-corrected chi connectivity index (χ2v) is 13.7. The van der Waals surface area contributed by atoms with E-state index in [4.69, 9.17) is 39.5 Å². The van der Waals surface area contributed by atoms with Crippen molar-refractivity contribution in [2.45, 2.75) is 39.0 Å². The second-order valence-electron chi connectivity index (χ2n) is 8.28. The summed E-state index contributed by atoms with van der Waals surface area (Å²) in [6.07, 6.45) is -9.02. The number of nitrogens with one attached hydrogen (secondary N) is 3. The van der Waals surface area contributed by atoms with Gasteiger partial charge in [-0.05, 0) is 26.2 Å². The number of thiol groups is 1. The maximum absolute atomic E-state index is 14.0. The Bertz CT molecular complexity index is 1250. The molecule has 3 N–H and O–H groups in total. The quantitative estimate of drug-likeness (QED) is 0.178. The number of hydrogen-bond acceptors (Lipinski definition) is 6. The molecule has 0 fully saturated rings. The molecule has 0 spiro atoms. The van der Waals surface area contributed by atoms with Crippen LogP contribution in [0, 0.1) is 0 Å². The van der Waals surface area contributed by atoms with E-state index in [0.29, 0.717) is 11.3 Å². The van der Waals surface area contributed by atoms with Gasteiger partial charge in [-0.3, -0.25) is 5.32 Å². The van der Waals surface area contributed by atoms with Crippen LogP contribution in [0.4, 0.5) is 47.5 Å². The van der Waals surface area contributed by atoms with Gasteiger partial charge in [0.25, 0.3) is 6.43 Å². The van der Waals surface area contributed by atoms with Crippen LogP contribution in [0.2, 0.25) is 8.67 Å². The Morgan fingerprint density at radius 1 is 1.14 bits per heavy atom. The lowest BCUT2D eigenvalue weighted by Gasteiger charge is -2.20. The van der Waals surface area contributed by atoms with Crippen LogP contribution in [0.3, 0.4) is 0 Å². The van der Waals surface area contributed by atoms with Crippen LogP contribution in [-0.2, 0) is 10.9 Å². The van der Waals surface area contributed by atoms with E-state index in [9.17, 15) is 31.1 Å². The van der Waals surface area contributed by atoms with E-state index in [1.54, 1.807) is 0 Å². The molecule has 1 aliphatic rings. The highest BCUT2D eigenvalue weighted by atomic mass is 35.5. The van der Waals surface area contributed by atoms with Crippen LogP contribution in [0.25, 0.3) is 0 Å². The normalized spacial score (nSPS) is 17.3. The maximum Gasteiger partial charge on any atom is 0.421 e. The molecular formula is C20H18Cl3F6N3O2S3. The van der Waals surface area contributed by atoms with Gasteiger partial charge in [-0.1, -0.05) is 34.8 Å². The van der Waals surface area contributed by atoms with Gasteiger partial charge in [0, 0.05) is 11.0 Å². The minimum absolute atomic E-state index is 0.0149. The Balaban J connectivity index is 1.98. The molecule has 2 aromatic rings. The van der Waals surface area contributed by atoms with Crippen molar-refractivity contribution in [2.24, 2.45) is 0 Å². The first-order valence-corrected chi connectivity index (χ1v) is 14.2. The number of ether oxygens (including phenoxy) is 1. The third kappa shape index (κ3) is 6.95. The smallest absolute Gasteiger partial charge is 0.421 e. The number of thiophene rings is 2. The van der Waals surface area contributed by atoms with Gasteiger partial charge in [0.1, 0.15) is 31.5 Å². The minimum Gasteiger partial charge on any atom is -0.444 e. The topological polar surface area (TPSA) is 62.4 Å². The van der Waals surface area contributed by atoms with Gasteiger partial charge in [-0.15, -0.1) is 33.8 Å². The third-order valence-electron chi connectivity index (χ3n) is 4.42. The van der Waals surface area contributed by atoms with Gasteiger partial charge >= 0.3 is 12.3 Å². The number of hydrogen-bond donors (Lipinski definition) is 4. The summed E-state index contributed by atoms with van der Waals surface area (Å²) in [5, 5.41) is 6.36. The second kappa shape index (κ2) is 11.3. The summed E-state index contributed by atoms with van der Waals surface area (Å²) in [5.74, 6) is 0. The molecule has 0 radical (unpaired) electrons. The summed E-state index contributed by atoms with van der Waals surface area (Å²) in [5.41, 5.74) is -3.85. The van der Waals surface area contributed by atoms with Crippen molar-refractivity contribution >= 4 is 91.0 Å². The monoisotopic (exact) mass is 647 g/mol. The zero-order chi connectivity index (χ0) is 27.9. The average Bonchev–Trinajstić information content (AvgIpc) is 3.36. The Kier molecular flexibility index (Phi) is 9.23. The predicted molar refractivity (Wildman–Crippen MR) is 142 cm³/mol. The fourth-order valence-electron chi connectivity index (χ4n) is 2.97. The Morgan fingerprint density at radius 2 is 1.78 bits per heavy atom. The lowest BCUT2D eigenvalue weighted by Crippen LogP contribution is -2.28. The first kappa shape index (κ1) is 30.1. The summed E-state index contributed by atoms with van der Waals surface area (Å²) in [6.45, 7) is 3.46. The first-order valence-electron chi connectivity index (χ1n) is 9.97. The molecule has 3 rings (SSSR count). The van der Waals surface area contributed by atoms with E-state index in [0.717, 1.165) is 16.7 Å². The van der Waals surface area contributed by atoms with E-state index >= 15 is 0 Å². The summed E-state index contributed by atoms with van der Waals surface area (Å²) < 4.78 is 89.8. The molecule has 1 aliphatic heterocycles. The number of alkyl halides is 6. The third-order valence-corrected chi connectivity index (χ3v) is 9.39. The number of carbonyl (C=O) groups excluding carboxylic acids is 1. The van der Waals surface area contributed by atoms with Crippen molar-refractivity contribution in [3.05, 3.63) is 46.2 Å². The summed E-state index contributed by atoms with van der Waals surface area (Å²) in [7, 11) is 0. The average molecular weight is 649 g/mol. The zero-order valence-corrected chi connectivity index (χ0v) is 23.7. The highest BCUT2D eigenvalue weighted by molar-refractivity contribution is 8.25. The molecule has 2 aromatic heterocycles. The molecule has 37 heavy (non-hydrogen) atoms. The lowest BCUT2D eigenvalue weighted by atomic mass is 10.2. The Morgan fingerprint density at radius 3 is 2.32 bits per heavy atom. The van der Waals surface area contributed by atoms with E-state index in [-0.39, 0.29) is 31.2 Å². The molecular weight excluding hydrogens is 631 g/mol. The van der Waals surface area contributed by atoms with E-state index in [1.807, 2.05) is 5.32 Å². The lowest BCUT2D eigenvalue weighted by molar-refractivity contribution is -0.136. The van der Waals surface area contributed by atoms with E-state index in [1.165, 1.54) is 26.2 Å². The standard InChI is InChI=1S/C20H18Cl3F6N3O2S3/c1-19(2,3)34-18(33)31-12-9(20(27,28)29)17(36-14(12)22)30-10-7(4-24)6-37(15(10)23)32-11-8(16(25)26)5-35-13(11)21/h5-6,16,30,32,37H,4H2,1-3H3,(H,31,33). The summed E-state index contributed by atoms with van der Waals surface area (Å²) in [6, 6.07) is 0. The minimum atomic E-state index is -5.00. The van der Waals surface area contributed by atoms with Crippen LogP contribution < -0.4 is 15.4 Å². The molecule has 1 unspecified atom stereocenters. The fourth-order valence-corrected chi connectivity index (χ4v) is 7.57. The molecule has 0 saturated carbocycles. The van der Waals surface area contributed by atoms with Crippen molar-refractivity contribution in [1.82, 2.24) is 0 Å². The SMILES string of the molecule is CC(C)(C)OC(=O)Nc1c(Cl)sc(NC2=C(Cl)[SH](Nc3c(C(F)F)csc3Cl)C=C2CF)c1C(F)(F)F. The van der Waals surface area contributed by atoms with Crippen LogP contribution in [0.15, 0.2) is 26.4 Å². The molecule has 0 aromatic carbocycles. The van der Waals surface area contributed by atoms with Crippen molar-refractivity contribution < 1.29 is 35.9 Å². The van der Waals surface area contributed by atoms with E-state index in [2.05, 4.69) is 10.0 Å².